The molecule has 0 atom stereocenters. The van der Waals surface area contributed by atoms with Crippen molar-refractivity contribution in [3.05, 3.63) is 177 Å². The molecule has 0 aromatic heterocycles. The highest BCUT2D eigenvalue weighted by atomic mass is 19.2. The molecular formula is C45H38F4N4. The van der Waals surface area contributed by atoms with E-state index in [0.29, 0.717) is 57.1 Å². The summed E-state index contributed by atoms with van der Waals surface area (Å²) in [7, 11) is 0. The van der Waals surface area contributed by atoms with Crippen LogP contribution in [0.25, 0.3) is 0 Å². The Kier molecular flexibility index (Phi) is 8.09. The van der Waals surface area contributed by atoms with Gasteiger partial charge in [-0.05, 0) is 136 Å². The molecule has 0 bridgehead atoms. The van der Waals surface area contributed by atoms with E-state index in [4.69, 9.17) is 0 Å². The van der Waals surface area contributed by atoms with Crippen LogP contribution in [0.4, 0.5) is 63.1 Å². The first-order valence-corrected chi connectivity index (χ1v) is 17.5. The van der Waals surface area contributed by atoms with Crippen molar-refractivity contribution in [2.45, 2.75) is 48.5 Å². The third-order valence-electron chi connectivity index (χ3n) is 9.70. The van der Waals surface area contributed by atoms with Crippen LogP contribution < -0.4 is 19.6 Å². The van der Waals surface area contributed by atoms with Gasteiger partial charge >= 0.3 is 0 Å². The normalized spacial score (nSPS) is 13.7. The third kappa shape index (κ3) is 5.79. The number of benzene rings is 6. The van der Waals surface area contributed by atoms with Gasteiger partial charge in [-0.3, -0.25) is 19.6 Å². The van der Waals surface area contributed by atoms with E-state index < -0.39 is 23.3 Å². The monoisotopic (exact) mass is 710 g/mol. The maximum absolute atomic E-state index is 15.6. The molecule has 266 valence electrons. The van der Waals surface area contributed by atoms with Gasteiger partial charge in [-0.2, -0.15) is 0 Å². The number of rotatable bonds is 4. The quantitative estimate of drug-likeness (QED) is 0.169. The highest BCUT2D eigenvalue weighted by molar-refractivity contribution is 6.00. The fraction of sp³-hybridized carbons (Fsp3) is 0.156. The van der Waals surface area contributed by atoms with Gasteiger partial charge in [0, 0.05) is 47.0 Å². The first kappa shape index (κ1) is 34.1. The van der Waals surface area contributed by atoms with Crippen LogP contribution in [0.15, 0.2) is 115 Å². The van der Waals surface area contributed by atoms with Crippen molar-refractivity contribution in [2.24, 2.45) is 0 Å². The molecule has 4 nitrogen and oxygen atoms in total. The summed E-state index contributed by atoms with van der Waals surface area (Å²) in [6.07, 6.45) is 0. The topological polar surface area (TPSA) is 13.0 Å². The third-order valence-corrected chi connectivity index (χ3v) is 9.70. The summed E-state index contributed by atoms with van der Waals surface area (Å²) in [5.74, 6) is -2.96. The Morgan fingerprint density at radius 2 is 0.566 bits per heavy atom. The van der Waals surface area contributed by atoms with Crippen LogP contribution >= 0.6 is 0 Å². The van der Waals surface area contributed by atoms with E-state index in [1.54, 1.807) is 0 Å². The SMILES string of the molecule is Cc1cccc(N2C(=C3N(c4cc(C)cc(C)c4)c4cc(F)c(F)cc4N3c3cc(C)cc(C)c3)N(c3cc(C)cc(C)c3)c3cc(F)c(F)cc32)c1. The van der Waals surface area contributed by atoms with Gasteiger partial charge in [-0.15, -0.1) is 0 Å². The molecule has 2 heterocycles. The molecule has 0 amide bonds. The average molecular weight is 711 g/mol. The van der Waals surface area contributed by atoms with E-state index in [9.17, 15) is 0 Å². The molecule has 8 rings (SSSR count). The zero-order chi connectivity index (χ0) is 37.5. The molecule has 8 heteroatoms. The fourth-order valence-corrected chi connectivity index (χ4v) is 7.88. The minimum Gasteiger partial charge on any atom is -0.291 e. The molecule has 2 aliphatic rings. The van der Waals surface area contributed by atoms with Crippen molar-refractivity contribution in [2.75, 3.05) is 19.6 Å². The minimum atomic E-state index is -0.996. The molecule has 53 heavy (non-hydrogen) atoms. The zero-order valence-electron chi connectivity index (χ0n) is 30.6. The second-order valence-electron chi connectivity index (χ2n) is 14.4. The first-order chi connectivity index (χ1) is 25.3. The molecule has 6 aromatic carbocycles. The summed E-state index contributed by atoms with van der Waals surface area (Å²) in [5, 5.41) is 0. The summed E-state index contributed by atoms with van der Waals surface area (Å²) in [6.45, 7) is 13.9. The Bertz CT molecular complexity index is 2380. The van der Waals surface area contributed by atoms with E-state index in [1.807, 2.05) is 129 Å². The van der Waals surface area contributed by atoms with Gasteiger partial charge < -0.3 is 0 Å². The van der Waals surface area contributed by atoms with E-state index in [1.165, 1.54) is 24.3 Å². The second-order valence-corrected chi connectivity index (χ2v) is 14.4. The van der Waals surface area contributed by atoms with Gasteiger partial charge in [0.1, 0.15) is 0 Å². The molecule has 0 aliphatic carbocycles. The van der Waals surface area contributed by atoms with Crippen LogP contribution in [0.2, 0.25) is 0 Å². The smallest absolute Gasteiger partial charge is 0.166 e. The fourth-order valence-electron chi connectivity index (χ4n) is 7.88. The Hall–Kier alpha value is -6.02. The van der Waals surface area contributed by atoms with Gasteiger partial charge in [0.15, 0.2) is 34.9 Å². The largest absolute Gasteiger partial charge is 0.291 e. The van der Waals surface area contributed by atoms with Crippen molar-refractivity contribution >= 4 is 45.5 Å². The number of hydrogen-bond acceptors (Lipinski definition) is 4. The predicted octanol–water partition coefficient (Wildman–Crippen LogP) is 12.8. The second kappa shape index (κ2) is 12.6. The van der Waals surface area contributed by atoms with Crippen molar-refractivity contribution in [1.29, 1.82) is 0 Å². The predicted molar refractivity (Wildman–Crippen MR) is 207 cm³/mol. The standard InChI is InChI=1S/C45H38F4N4/c1-25-9-8-10-32(14-25)50-40-21-36(46)37(47)22-41(40)51(33-15-26(2)11-27(3)16-33)44(50)45-52(34-17-28(4)12-29(5)18-34)42-23-38(48)39(49)24-43(42)53(45)35-19-30(6)13-31(7)20-35/h8-24H,1-7H3. The van der Waals surface area contributed by atoms with Gasteiger partial charge in [-0.25, -0.2) is 17.6 Å². The van der Waals surface area contributed by atoms with E-state index in [0.717, 1.165) is 38.9 Å². The lowest BCUT2D eigenvalue weighted by molar-refractivity contribution is 0.509. The Labute approximate surface area is 307 Å². The molecule has 0 N–H and O–H groups in total. The summed E-state index contributed by atoms with van der Waals surface area (Å²) >= 11 is 0. The summed E-state index contributed by atoms with van der Waals surface area (Å²) in [6, 6.07) is 30.9. The average Bonchev–Trinajstić information content (AvgIpc) is 3.55. The number of hydrogen-bond donors (Lipinski definition) is 0. The Morgan fingerprint density at radius 3 is 0.849 bits per heavy atom. The van der Waals surface area contributed by atoms with Gasteiger partial charge in [0.05, 0.1) is 22.7 Å². The lowest BCUT2D eigenvalue weighted by atomic mass is 10.1. The molecule has 0 fully saturated rings. The van der Waals surface area contributed by atoms with Gasteiger partial charge in [-0.1, -0.05) is 30.3 Å². The van der Waals surface area contributed by atoms with Crippen LogP contribution in [0, 0.1) is 71.7 Å². The highest BCUT2D eigenvalue weighted by Gasteiger charge is 2.45. The molecule has 2 aliphatic heterocycles. The molecule has 0 saturated heterocycles. The van der Waals surface area contributed by atoms with E-state index in [2.05, 4.69) is 18.2 Å². The highest BCUT2D eigenvalue weighted by Crippen LogP contribution is 2.58. The summed E-state index contributed by atoms with van der Waals surface area (Å²) in [4.78, 5) is 7.71. The molecule has 6 aromatic rings. The summed E-state index contributed by atoms with van der Waals surface area (Å²) < 4.78 is 62.2. The van der Waals surface area contributed by atoms with Crippen LogP contribution in [-0.4, -0.2) is 0 Å². The number of nitrogens with zero attached hydrogens (tertiary/aromatic N) is 4. The summed E-state index contributed by atoms with van der Waals surface area (Å²) in [5.41, 5.74) is 11.2. The van der Waals surface area contributed by atoms with E-state index >= 15 is 17.6 Å². The molecule has 0 unspecified atom stereocenters. The van der Waals surface area contributed by atoms with E-state index in [-0.39, 0.29) is 0 Å². The lowest BCUT2D eigenvalue weighted by Gasteiger charge is -2.34. The van der Waals surface area contributed by atoms with Crippen LogP contribution in [0.3, 0.4) is 0 Å². The van der Waals surface area contributed by atoms with Crippen molar-refractivity contribution in [3.8, 4) is 0 Å². The van der Waals surface area contributed by atoms with Crippen LogP contribution in [0.5, 0.6) is 0 Å². The van der Waals surface area contributed by atoms with Gasteiger partial charge in [0.2, 0.25) is 0 Å². The minimum absolute atomic E-state index is 0.408. The maximum atomic E-state index is 15.6. The first-order valence-electron chi connectivity index (χ1n) is 17.5. The molecule has 0 spiro atoms. The van der Waals surface area contributed by atoms with Crippen molar-refractivity contribution < 1.29 is 17.6 Å². The number of fused-ring (bicyclic) bond motifs is 2. The lowest BCUT2D eigenvalue weighted by Crippen LogP contribution is -2.33. The zero-order valence-corrected chi connectivity index (χ0v) is 30.6. The van der Waals surface area contributed by atoms with Crippen LogP contribution in [-0.2, 0) is 0 Å². The van der Waals surface area contributed by atoms with Crippen LogP contribution in [0.1, 0.15) is 38.9 Å². The molecule has 0 saturated carbocycles. The van der Waals surface area contributed by atoms with Crippen molar-refractivity contribution in [3.63, 3.8) is 0 Å². The number of anilines is 8. The number of halogens is 4. The van der Waals surface area contributed by atoms with Crippen molar-refractivity contribution in [1.82, 2.24) is 0 Å². The van der Waals surface area contributed by atoms with Gasteiger partial charge in [0.25, 0.3) is 0 Å². The molecular weight excluding hydrogens is 673 g/mol. The number of aryl methyl sites for hydroxylation is 7. The molecule has 0 radical (unpaired) electrons. The Morgan fingerprint density at radius 1 is 0.302 bits per heavy atom. The maximum Gasteiger partial charge on any atom is 0.166 e. The Balaban J connectivity index is 1.61.